The third-order valence-electron chi connectivity index (χ3n) is 11.3. The number of nitrogens with one attached hydrogen (secondary N) is 4. The van der Waals surface area contributed by atoms with E-state index in [2.05, 4.69) is 64.1 Å². The number of phosphoric acid groups is 3. The Morgan fingerprint density at radius 2 is 1.74 bits per heavy atom. The highest BCUT2D eigenvalue weighted by Crippen LogP contribution is 2.66. The zero-order valence-electron chi connectivity index (χ0n) is 41.8. The fourth-order valence-corrected chi connectivity index (χ4v) is 11.0. The highest BCUT2D eigenvalue weighted by Gasteiger charge is 2.43. The number of carboxylic acid groups (broad SMARTS) is 1. The third kappa shape index (κ3) is 15.9. The average molecular weight is 1130 g/mol. The molecule has 2 unspecified atom stereocenters. The van der Waals surface area contributed by atoms with Gasteiger partial charge in [-0.2, -0.15) is 8.62 Å². The van der Waals surface area contributed by atoms with Gasteiger partial charge in [-0.25, -0.2) is 28.1 Å². The van der Waals surface area contributed by atoms with E-state index in [1.54, 1.807) is 0 Å². The number of fused-ring (bicyclic) bond motifs is 2. The smallest absolute Gasteiger partial charge is 0.478 e. The minimum Gasteiger partial charge on any atom is -0.478 e. The summed E-state index contributed by atoms with van der Waals surface area (Å²) in [7, 11) is -17.0. The molecule has 1 aliphatic carbocycles. The number of hydrogen-bond donors (Lipinski definition) is 9. The van der Waals surface area contributed by atoms with Gasteiger partial charge in [0.2, 0.25) is 0 Å². The third-order valence-corrected chi connectivity index (χ3v) is 15.1. The van der Waals surface area contributed by atoms with Crippen LogP contribution in [0.15, 0.2) is 92.5 Å². The van der Waals surface area contributed by atoms with Crippen molar-refractivity contribution in [3.8, 4) is 34.3 Å². The Morgan fingerprint density at radius 1 is 0.987 bits per heavy atom. The van der Waals surface area contributed by atoms with Crippen molar-refractivity contribution < 1.29 is 84.5 Å². The number of carbonyl (C=O) groups is 3. The number of carboxylic acids is 1. The monoisotopic (exact) mass is 1130 g/mol. The molecule has 3 aromatic rings. The van der Waals surface area contributed by atoms with Gasteiger partial charge in [0.15, 0.2) is 0 Å². The van der Waals surface area contributed by atoms with E-state index in [0.717, 1.165) is 32.9 Å². The Kier molecular flexibility index (Phi) is 19.7. The van der Waals surface area contributed by atoms with Crippen LogP contribution in [0.25, 0.3) is 33.4 Å². The highest BCUT2D eigenvalue weighted by molar-refractivity contribution is 7.66. The molecule has 1 fully saturated rings. The van der Waals surface area contributed by atoms with Gasteiger partial charge in [-0.05, 0) is 86.7 Å². The van der Waals surface area contributed by atoms with Crippen LogP contribution >= 0.6 is 23.5 Å². The molecular weight excluding hydrogens is 1070 g/mol. The molecule has 9 N–H and O–H groups in total. The number of aromatic carboxylic acids is 1. The van der Waals surface area contributed by atoms with E-state index in [1.807, 2.05) is 52.0 Å². The molecule has 0 saturated carbocycles. The molecule has 412 valence electrons. The number of nitrogens with zero attached hydrogens (tertiary/aromatic N) is 2. The number of aryl methyl sites for hydroxylation is 2. The van der Waals surface area contributed by atoms with Crippen molar-refractivity contribution >= 4 is 58.1 Å². The van der Waals surface area contributed by atoms with Gasteiger partial charge in [0.05, 0.1) is 36.8 Å². The predicted octanol–water partition coefficient (Wildman–Crippen LogP) is 5.38. The topological polar surface area (TPSA) is 375 Å². The van der Waals surface area contributed by atoms with E-state index in [0.29, 0.717) is 52.1 Å². The Hall–Kier alpha value is -6.81. The molecule has 5 atom stereocenters. The van der Waals surface area contributed by atoms with Gasteiger partial charge in [0, 0.05) is 72.1 Å². The van der Waals surface area contributed by atoms with Crippen molar-refractivity contribution in [2.45, 2.75) is 59.0 Å². The standard InChI is InChI=1S/C48H55N6O20P3/c1-7-17-68-40-23-42(72-41(40)26-70-76(64,65)74-77(66,67)73-75(61,62)63)54-24-31(45(56)53-47(54)59)11-10-15-52-48(60)69-25-27(4)14-16-51-44(55)30-12-13-32(46(57)58)33(20-30)43-34-18-28(5)36(49-8-2)21-38(34)71-39-22-37(50-9-3)29(6)19-35(39)43/h7,12-13,18-22,24,40-42,49H,1,4,8-9,14-17,23,25-26H2,2-3,5-6H3,(H,51,55)(H,52,60)(H,57,58)(H,64,65)(H,66,67)(H,53,56,59)(H2,61,62,63)/t40-,41-,42-/m1/s1. The number of carbonyl (C=O) groups excluding carboxylic acids is 2. The zero-order valence-corrected chi connectivity index (χ0v) is 44.5. The fourth-order valence-electron chi connectivity index (χ4n) is 7.93. The number of rotatable bonds is 23. The van der Waals surface area contributed by atoms with Crippen molar-refractivity contribution in [3.63, 3.8) is 0 Å². The molecule has 0 spiro atoms. The number of ether oxygens (including phenoxy) is 3. The van der Waals surface area contributed by atoms with E-state index < -0.39 is 77.7 Å². The van der Waals surface area contributed by atoms with E-state index in [4.69, 9.17) is 28.4 Å². The van der Waals surface area contributed by atoms with Gasteiger partial charge in [-0.1, -0.05) is 24.5 Å². The van der Waals surface area contributed by atoms with E-state index in [9.17, 15) is 52.6 Å². The number of alkyl carbamates (subject to hydrolysis) is 1. The number of aromatic amines is 1. The molecule has 3 heterocycles. The largest absolute Gasteiger partial charge is 0.490 e. The first-order chi connectivity index (χ1) is 36.3. The number of H-pyrrole nitrogens is 1. The molecular formula is C48H55N6O20P3. The highest BCUT2D eigenvalue weighted by atomic mass is 31.3. The maximum Gasteiger partial charge on any atom is 0.490 e. The molecule has 0 radical (unpaired) electrons. The summed E-state index contributed by atoms with van der Waals surface area (Å²) in [5, 5.41) is 20.3. The number of hydrogen-bond acceptors (Lipinski definition) is 17. The molecule has 6 rings (SSSR count). The number of benzene rings is 3. The Bertz CT molecular complexity index is 3480. The first kappa shape index (κ1) is 59.4. The fraction of sp³-hybridized carbons (Fsp3) is 0.333. The minimum absolute atomic E-state index is 0.0305. The number of anilines is 1. The Balaban J connectivity index is 1.05. The maximum absolute atomic E-state index is 13.6. The lowest BCUT2D eigenvalue weighted by molar-refractivity contribution is -0.0571. The van der Waals surface area contributed by atoms with Gasteiger partial charge < -0.3 is 59.3 Å². The normalized spacial score (nSPS) is 17.2. The summed E-state index contributed by atoms with van der Waals surface area (Å²) >= 11 is 0. The zero-order chi connectivity index (χ0) is 56.4. The molecule has 2 aliphatic heterocycles. The molecule has 77 heavy (non-hydrogen) atoms. The summed E-state index contributed by atoms with van der Waals surface area (Å²) < 4.78 is 71.1. The quantitative estimate of drug-likeness (QED) is 0.0172. The summed E-state index contributed by atoms with van der Waals surface area (Å²) in [5.41, 5.74) is 3.05. The summed E-state index contributed by atoms with van der Waals surface area (Å²) in [4.78, 5) is 108. The van der Waals surface area contributed by atoms with Crippen LogP contribution in [0.4, 0.5) is 10.5 Å². The molecule has 2 amide bonds. The second kappa shape index (κ2) is 25.6. The molecule has 1 aromatic heterocycles. The summed E-state index contributed by atoms with van der Waals surface area (Å²) in [6.45, 7) is 14.9. The van der Waals surface area contributed by atoms with Crippen LogP contribution < -0.4 is 32.6 Å². The molecule has 3 aliphatic rings. The van der Waals surface area contributed by atoms with Crippen molar-refractivity contribution in [2.24, 2.45) is 4.99 Å². The predicted molar refractivity (Wildman–Crippen MR) is 277 cm³/mol. The van der Waals surface area contributed by atoms with Gasteiger partial charge >= 0.3 is 41.2 Å². The number of amides is 2. The lowest BCUT2D eigenvalue weighted by Gasteiger charge is -2.21. The SMILES string of the molecule is C=CCO[C@@H]1C[C@H](n2cc(C#CCNC(=O)OCC(=C)CCNC(=O)c3ccc(C(=O)O)c(-c4c5cc(C)c(=NCC)cc-5oc5cc(NCC)c(C)cc45)c3)c(=O)[nH]c2=O)O[C@@H]1COP(=O)(O)OP(=O)(O)OP(=O)(O)O. The average Bonchev–Trinajstić information content (AvgIpc) is 3.77. The van der Waals surface area contributed by atoms with Gasteiger partial charge in [-0.15, -0.1) is 6.58 Å². The van der Waals surface area contributed by atoms with Crippen LogP contribution in [0.2, 0.25) is 0 Å². The van der Waals surface area contributed by atoms with Crippen LogP contribution in [0.1, 0.15) is 70.3 Å². The van der Waals surface area contributed by atoms with E-state index in [1.165, 1.54) is 24.3 Å². The second-order valence-electron chi connectivity index (χ2n) is 17.0. The first-order valence-electron chi connectivity index (χ1n) is 23.3. The first-order valence-corrected chi connectivity index (χ1v) is 27.8. The van der Waals surface area contributed by atoms with E-state index >= 15 is 0 Å². The Morgan fingerprint density at radius 3 is 2.43 bits per heavy atom. The Labute approximate surface area is 438 Å². The van der Waals surface area contributed by atoms with Crippen molar-refractivity contribution in [1.82, 2.24) is 20.2 Å². The second-order valence-corrected chi connectivity index (χ2v) is 21.4. The van der Waals surface area contributed by atoms with Gasteiger partial charge in [-0.3, -0.25) is 28.7 Å². The summed E-state index contributed by atoms with van der Waals surface area (Å²) in [5.74, 6) is 3.85. The van der Waals surface area contributed by atoms with Crippen molar-refractivity contribution in [3.05, 3.63) is 127 Å². The van der Waals surface area contributed by atoms with E-state index in [-0.39, 0.29) is 55.8 Å². The van der Waals surface area contributed by atoms with Crippen molar-refractivity contribution in [2.75, 3.05) is 51.3 Å². The lowest BCUT2D eigenvalue weighted by atomic mass is 9.88. The number of aromatic nitrogens is 2. The number of phosphoric ester groups is 1. The molecule has 26 nitrogen and oxygen atoms in total. The van der Waals surface area contributed by atoms with Crippen LogP contribution in [-0.2, 0) is 41.1 Å². The lowest BCUT2D eigenvalue weighted by Crippen LogP contribution is -2.34. The van der Waals surface area contributed by atoms with Crippen LogP contribution in [0.3, 0.4) is 0 Å². The molecule has 29 heteroatoms. The molecule has 1 saturated heterocycles. The van der Waals surface area contributed by atoms with Crippen LogP contribution in [0, 0.1) is 25.7 Å². The summed E-state index contributed by atoms with van der Waals surface area (Å²) in [6, 6.07) is 11.9. The maximum atomic E-state index is 13.6. The summed E-state index contributed by atoms with van der Waals surface area (Å²) in [6.07, 6.45) is -1.96. The van der Waals surface area contributed by atoms with Crippen molar-refractivity contribution in [1.29, 1.82) is 0 Å². The molecule has 2 aromatic carbocycles. The van der Waals surface area contributed by atoms with Crippen LogP contribution in [0.5, 0.6) is 0 Å². The van der Waals surface area contributed by atoms with Gasteiger partial charge in [0.1, 0.15) is 35.8 Å². The van der Waals surface area contributed by atoms with Crippen LogP contribution in [-0.4, -0.2) is 110 Å². The molecule has 0 bridgehead atoms. The minimum atomic E-state index is -5.81. The van der Waals surface area contributed by atoms with Gasteiger partial charge in [0.25, 0.3) is 11.5 Å².